The van der Waals surface area contributed by atoms with Gasteiger partial charge in [-0.15, -0.1) is 11.3 Å². The average molecular weight is 252 g/mol. The molecule has 0 unspecified atom stereocenters. The van der Waals surface area contributed by atoms with Crippen LogP contribution in [0.25, 0.3) is 27.1 Å². The highest BCUT2D eigenvalue weighted by atomic mass is 32.1. The molecule has 0 saturated heterocycles. The minimum Gasteiger partial charge on any atom is -0.282 e. The lowest BCUT2D eigenvalue weighted by Gasteiger charge is -2.03. The topological polar surface area (TPSA) is 43.6 Å². The van der Waals surface area contributed by atoms with E-state index in [1.165, 1.54) is 0 Å². The molecule has 4 aromatic rings. The molecule has 0 saturated carbocycles. The maximum atomic E-state index is 4.39. The summed E-state index contributed by atoms with van der Waals surface area (Å²) in [6.45, 7) is 0. The van der Waals surface area contributed by atoms with Crippen LogP contribution in [0.4, 0.5) is 0 Å². The van der Waals surface area contributed by atoms with Crippen molar-refractivity contribution in [3.8, 4) is 5.82 Å². The van der Waals surface area contributed by atoms with Gasteiger partial charge in [0.1, 0.15) is 17.5 Å². The number of benzene rings is 1. The third-order valence-electron chi connectivity index (χ3n) is 2.92. The minimum atomic E-state index is 0.884. The second-order valence-corrected chi connectivity index (χ2v) is 4.83. The first-order valence-corrected chi connectivity index (χ1v) is 6.42. The number of imidazole rings is 1. The summed E-state index contributed by atoms with van der Waals surface area (Å²) < 4.78 is 2.01. The summed E-state index contributed by atoms with van der Waals surface area (Å²) >= 11 is 1.62. The van der Waals surface area contributed by atoms with Gasteiger partial charge in [-0.05, 0) is 23.6 Å². The molecule has 0 fully saturated rings. The lowest BCUT2D eigenvalue weighted by Crippen LogP contribution is -1.96. The Hall–Kier alpha value is -2.27. The Labute approximate surface area is 107 Å². The Balaban J connectivity index is 2.10. The standard InChI is InChI=1S/C13H8N4S/c1-2-4-11-10(3-1)16-8-17(11)12-9-5-6-18-13(9)15-7-14-12/h1-8H. The maximum Gasteiger partial charge on any atom is 0.150 e. The highest BCUT2D eigenvalue weighted by Gasteiger charge is 2.09. The summed E-state index contributed by atoms with van der Waals surface area (Å²) in [7, 11) is 0. The number of fused-ring (bicyclic) bond motifs is 2. The smallest absolute Gasteiger partial charge is 0.150 e. The predicted octanol–water partition coefficient (Wildman–Crippen LogP) is 3.03. The molecular formula is C13H8N4S. The average Bonchev–Trinajstić information content (AvgIpc) is 3.05. The Kier molecular flexibility index (Phi) is 1.95. The molecular weight excluding hydrogens is 244 g/mol. The summed E-state index contributed by atoms with van der Waals surface area (Å²) in [5.41, 5.74) is 2.03. The van der Waals surface area contributed by atoms with Crippen molar-refractivity contribution in [1.29, 1.82) is 0 Å². The van der Waals surface area contributed by atoms with Gasteiger partial charge in [0.15, 0.2) is 5.82 Å². The first-order valence-electron chi connectivity index (χ1n) is 5.54. The van der Waals surface area contributed by atoms with Crippen LogP contribution in [0.15, 0.2) is 48.4 Å². The largest absolute Gasteiger partial charge is 0.282 e. The second-order valence-electron chi connectivity index (χ2n) is 3.94. The number of thiophene rings is 1. The molecule has 0 atom stereocenters. The molecule has 18 heavy (non-hydrogen) atoms. The van der Waals surface area contributed by atoms with Gasteiger partial charge in [-0.2, -0.15) is 0 Å². The van der Waals surface area contributed by atoms with Crippen LogP contribution in [0, 0.1) is 0 Å². The number of rotatable bonds is 1. The third-order valence-corrected chi connectivity index (χ3v) is 3.74. The van der Waals surface area contributed by atoms with E-state index in [0.29, 0.717) is 0 Å². The van der Waals surface area contributed by atoms with Crippen molar-refractivity contribution in [3.05, 3.63) is 48.4 Å². The predicted molar refractivity (Wildman–Crippen MR) is 72.0 cm³/mol. The summed E-state index contributed by atoms with van der Waals surface area (Å²) in [6.07, 6.45) is 3.41. The first-order chi connectivity index (χ1) is 8.93. The molecule has 0 amide bonds. The quantitative estimate of drug-likeness (QED) is 0.523. The van der Waals surface area contributed by atoms with Crippen LogP contribution < -0.4 is 0 Å². The Morgan fingerprint density at radius 2 is 1.94 bits per heavy atom. The fraction of sp³-hybridized carbons (Fsp3) is 0. The van der Waals surface area contributed by atoms with E-state index in [-0.39, 0.29) is 0 Å². The van der Waals surface area contributed by atoms with E-state index in [4.69, 9.17) is 0 Å². The van der Waals surface area contributed by atoms with Crippen molar-refractivity contribution in [1.82, 2.24) is 19.5 Å². The number of nitrogens with zero attached hydrogens (tertiary/aromatic N) is 4. The van der Waals surface area contributed by atoms with Crippen molar-refractivity contribution >= 4 is 32.6 Å². The summed E-state index contributed by atoms with van der Waals surface area (Å²) in [6, 6.07) is 10.1. The van der Waals surface area contributed by atoms with E-state index >= 15 is 0 Å². The van der Waals surface area contributed by atoms with Crippen molar-refractivity contribution in [3.63, 3.8) is 0 Å². The lowest BCUT2D eigenvalue weighted by molar-refractivity contribution is 1.02. The monoisotopic (exact) mass is 252 g/mol. The van der Waals surface area contributed by atoms with Crippen molar-refractivity contribution in [2.45, 2.75) is 0 Å². The summed E-state index contributed by atoms with van der Waals surface area (Å²) in [5.74, 6) is 0.884. The molecule has 3 aromatic heterocycles. The highest BCUT2D eigenvalue weighted by Crippen LogP contribution is 2.25. The van der Waals surface area contributed by atoms with Crippen molar-refractivity contribution < 1.29 is 0 Å². The third kappa shape index (κ3) is 1.28. The Morgan fingerprint density at radius 3 is 2.94 bits per heavy atom. The highest BCUT2D eigenvalue weighted by molar-refractivity contribution is 7.16. The molecule has 0 N–H and O–H groups in total. The van der Waals surface area contributed by atoms with E-state index in [2.05, 4.69) is 15.0 Å². The molecule has 3 heterocycles. The van der Waals surface area contributed by atoms with Gasteiger partial charge in [-0.25, -0.2) is 15.0 Å². The van der Waals surface area contributed by atoms with Gasteiger partial charge in [-0.3, -0.25) is 4.57 Å². The zero-order valence-electron chi connectivity index (χ0n) is 9.32. The van der Waals surface area contributed by atoms with E-state index in [1.54, 1.807) is 17.7 Å². The zero-order valence-corrected chi connectivity index (χ0v) is 10.1. The van der Waals surface area contributed by atoms with Crippen molar-refractivity contribution in [2.24, 2.45) is 0 Å². The van der Waals surface area contributed by atoms with E-state index < -0.39 is 0 Å². The maximum absolute atomic E-state index is 4.39. The molecule has 86 valence electrons. The van der Waals surface area contributed by atoms with Gasteiger partial charge in [-0.1, -0.05) is 12.1 Å². The van der Waals surface area contributed by atoms with Crippen LogP contribution >= 0.6 is 11.3 Å². The molecule has 0 spiro atoms. The number of aromatic nitrogens is 4. The number of hydrogen-bond donors (Lipinski definition) is 0. The molecule has 5 heteroatoms. The van der Waals surface area contributed by atoms with Crippen LogP contribution in [0.3, 0.4) is 0 Å². The minimum absolute atomic E-state index is 0.884. The molecule has 4 rings (SSSR count). The fourth-order valence-corrected chi connectivity index (χ4v) is 2.82. The zero-order chi connectivity index (χ0) is 11.9. The van der Waals surface area contributed by atoms with Gasteiger partial charge in [0.25, 0.3) is 0 Å². The van der Waals surface area contributed by atoms with E-state index in [0.717, 1.165) is 27.1 Å². The Morgan fingerprint density at radius 1 is 1.00 bits per heavy atom. The lowest BCUT2D eigenvalue weighted by atomic mass is 10.3. The molecule has 4 nitrogen and oxygen atoms in total. The molecule has 1 aromatic carbocycles. The van der Waals surface area contributed by atoms with Crippen LogP contribution in [0.2, 0.25) is 0 Å². The van der Waals surface area contributed by atoms with Gasteiger partial charge in [0, 0.05) is 0 Å². The normalized spacial score (nSPS) is 11.3. The van der Waals surface area contributed by atoms with Crippen LogP contribution in [-0.4, -0.2) is 19.5 Å². The van der Waals surface area contributed by atoms with Gasteiger partial charge in [0.2, 0.25) is 0 Å². The van der Waals surface area contributed by atoms with Crippen LogP contribution in [-0.2, 0) is 0 Å². The second kappa shape index (κ2) is 3.61. The molecule has 0 aliphatic rings. The Bertz CT molecular complexity index is 846. The number of hydrogen-bond acceptors (Lipinski definition) is 4. The molecule has 0 radical (unpaired) electrons. The van der Waals surface area contributed by atoms with Gasteiger partial charge < -0.3 is 0 Å². The molecule has 0 aliphatic heterocycles. The summed E-state index contributed by atoms with van der Waals surface area (Å²) in [5, 5.41) is 3.09. The molecule has 0 aliphatic carbocycles. The fourth-order valence-electron chi connectivity index (χ4n) is 2.10. The SMILES string of the molecule is c1ccc2c(c1)ncn2-c1ncnc2sccc12. The van der Waals surface area contributed by atoms with Crippen LogP contribution in [0.1, 0.15) is 0 Å². The molecule has 0 bridgehead atoms. The van der Waals surface area contributed by atoms with Crippen LogP contribution in [0.5, 0.6) is 0 Å². The van der Waals surface area contributed by atoms with Crippen molar-refractivity contribution in [2.75, 3.05) is 0 Å². The van der Waals surface area contributed by atoms with E-state index in [9.17, 15) is 0 Å². The summed E-state index contributed by atoms with van der Waals surface area (Å²) in [4.78, 5) is 14.0. The van der Waals surface area contributed by atoms with E-state index in [1.807, 2.05) is 46.6 Å². The van der Waals surface area contributed by atoms with Gasteiger partial charge in [0.05, 0.1) is 16.4 Å². The number of para-hydroxylation sites is 2. The van der Waals surface area contributed by atoms with Gasteiger partial charge >= 0.3 is 0 Å². The first kappa shape index (κ1) is 9.73.